The third kappa shape index (κ3) is 4.11. The largest absolute Gasteiger partial charge is 0.330 e. The van der Waals surface area contributed by atoms with Gasteiger partial charge in [-0.05, 0) is 43.7 Å². The lowest BCUT2D eigenvalue weighted by Crippen LogP contribution is -2.11. The van der Waals surface area contributed by atoms with E-state index >= 15 is 0 Å². The van der Waals surface area contributed by atoms with E-state index in [1.165, 1.54) is 0 Å². The Morgan fingerprint density at radius 1 is 1.31 bits per heavy atom. The average Bonchev–Trinajstić information content (AvgIpc) is 2.30. The van der Waals surface area contributed by atoms with Crippen LogP contribution in [0.5, 0.6) is 0 Å². The summed E-state index contributed by atoms with van der Waals surface area (Å²) in [5, 5.41) is 11.4. The van der Waals surface area contributed by atoms with E-state index in [9.17, 15) is 4.79 Å². The molecular weight excluding hydrogens is 202 g/mol. The van der Waals surface area contributed by atoms with Crippen molar-refractivity contribution < 1.29 is 4.79 Å². The fraction of sp³-hybridized carbons (Fsp3) is 0.333. The standard InChI is InChI=1S/C12H15N3O/c13-8-2-1-3-12(16)15-11-6-4-10(9-14)5-7-11/h4-7H,1-3,8,13H2,(H,15,16). The first-order valence-corrected chi connectivity index (χ1v) is 5.26. The van der Waals surface area contributed by atoms with Crippen molar-refractivity contribution in [1.82, 2.24) is 0 Å². The summed E-state index contributed by atoms with van der Waals surface area (Å²) in [5.41, 5.74) is 6.64. The highest BCUT2D eigenvalue weighted by Gasteiger charge is 2.01. The second-order valence-electron chi connectivity index (χ2n) is 3.48. The van der Waals surface area contributed by atoms with Gasteiger partial charge < -0.3 is 11.1 Å². The van der Waals surface area contributed by atoms with E-state index in [1.54, 1.807) is 24.3 Å². The van der Waals surface area contributed by atoms with E-state index in [1.807, 2.05) is 6.07 Å². The van der Waals surface area contributed by atoms with Gasteiger partial charge in [-0.2, -0.15) is 5.26 Å². The number of hydrogen-bond donors (Lipinski definition) is 2. The van der Waals surface area contributed by atoms with Gasteiger partial charge in [-0.1, -0.05) is 0 Å². The van der Waals surface area contributed by atoms with Gasteiger partial charge in [0.25, 0.3) is 0 Å². The zero-order valence-electron chi connectivity index (χ0n) is 9.07. The van der Waals surface area contributed by atoms with Crippen LogP contribution in [0.25, 0.3) is 0 Å². The van der Waals surface area contributed by atoms with Crippen molar-refractivity contribution in [3.8, 4) is 6.07 Å². The third-order valence-electron chi connectivity index (χ3n) is 2.16. The van der Waals surface area contributed by atoms with Gasteiger partial charge in [0.2, 0.25) is 5.91 Å². The molecule has 84 valence electrons. The van der Waals surface area contributed by atoms with Crippen LogP contribution in [0.15, 0.2) is 24.3 Å². The highest BCUT2D eigenvalue weighted by Crippen LogP contribution is 2.09. The van der Waals surface area contributed by atoms with Crippen molar-refractivity contribution >= 4 is 11.6 Å². The summed E-state index contributed by atoms with van der Waals surface area (Å²) >= 11 is 0. The van der Waals surface area contributed by atoms with Crippen LogP contribution in [0.4, 0.5) is 5.69 Å². The van der Waals surface area contributed by atoms with Crippen LogP contribution < -0.4 is 11.1 Å². The number of nitrogens with zero attached hydrogens (tertiary/aromatic N) is 1. The minimum atomic E-state index is -0.0156. The lowest BCUT2D eigenvalue weighted by molar-refractivity contribution is -0.116. The van der Waals surface area contributed by atoms with Crippen molar-refractivity contribution in [1.29, 1.82) is 5.26 Å². The molecule has 1 aromatic carbocycles. The van der Waals surface area contributed by atoms with Crippen molar-refractivity contribution in [2.45, 2.75) is 19.3 Å². The van der Waals surface area contributed by atoms with E-state index < -0.39 is 0 Å². The van der Waals surface area contributed by atoms with Crippen LogP contribution in [0.2, 0.25) is 0 Å². The molecule has 1 aromatic rings. The normalized spacial score (nSPS) is 9.50. The molecule has 1 rings (SSSR count). The predicted molar refractivity (Wildman–Crippen MR) is 62.7 cm³/mol. The molecular formula is C12H15N3O. The van der Waals surface area contributed by atoms with Gasteiger partial charge in [-0.3, -0.25) is 4.79 Å². The van der Waals surface area contributed by atoms with Gasteiger partial charge >= 0.3 is 0 Å². The second-order valence-corrected chi connectivity index (χ2v) is 3.48. The Hall–Kier alpha value is -1.86. The first-order chi connectivity index (χ1) is 7.76. The van der Waals surface area contributed by atoms with Crippen LogP contribution in [-0.4, -0.2) is 12.5 Å². The summed E-state index contributed by atoms with van der Waals surface area (Å²) in [5.74, 6) is -0.0156. The van der Waals surface area contributed by atoms with E-state index in [-0.39, 0.29) is 5.91 Å². The topological polar surface area (TPSA) is 78.9 Å². The molecule has 0 radical (unpaired) electrons. The molecule has 3 N–H and O–H groups in total. The number of anilines is 1. The van der Waals surface area contributed by atoms with Crippen LogP contribution >= 0.6 is 0 Å². The van der Waals surface area contributed by atoms with Crippen LogP contribution in [-0.2, 0) is 4.79 Å². The van der Waals surface area contributed by atoms with Crippen LogP contribution in [0, 0.1) is 11.3 Å². The fourth-order valence-electron chi connectivity index (χ4n) is 1.28. The Morgan fingerprint density at radius 2 is 2.00 bits per heavy atom. The Morgan fingerprint density at radius 3 is 2.56 bits per heavy atom. The molecule has 0 aromatic heterocycles. The highest BCUT2D eigenvalue weighted by molar-refractivity contribution is 5.90. The number of nitriles is 1. The molecule has 0 fully saturated rings. The quantitative estimate of drug-likeness (QED) is 0.735. The number of carbonyl (C=O) groups is 1. The summed E-state index contributed by atoms with van der Waals surface area (Å²) in [7, 11) is 0. The molecule has 1 amide bonds. The number of hydrogen-bond acceptors (Lipinski definition) is 3. The Kier molecular flexibility index (Phi) is 5.03. The monoisotopic (exact) mass is 217 g/mol. The zero-order valence-corrected chi connectivity index (χ0v) is 9.07. The molecule has 0 heterocycles. The second kappa shape index (κ2) is 6.59. The summed E-state index contributed by atoms with van der Waals surface area (Å²) in [6, 6.07) is 8.82. The van der Waals surface area contributed by atoms with Crippen molar-refractivity contribution in [3.63, 3.8) is 0 Å². The van der Waals surface area contributed by atoms with E-state index in [4.69, 9.17) is 11.0 Å². The lowest BCUT2D eigenvalue weighted by Gasteiger charge is -2.04. The average molecular weight is 217 g/mol. The highest BCUT2D eigenvalue weighted by atomic mass is 16.1. The number of rotatable bonds is 5. The first-order valence-electron chi connectivity index (χ1n) is 5.26. The number of amides is 1. The summed E-state index contributed by atoms with van der Waals surface area (Å²) < 4.78 is 0. The molecule has 0 aliphatic rings. The number of benzene rings is 1. The third-order valence-corrected chi connectivity index (χ3v) is 2.16. The Bertz CT molecular complexity index is 378. The number of nitrogens with two attached hydrogens (primary N) is 1. The van der Waals surface area contributed by atoms with Crippen LogP contribution in [0.3, 0.4) is 0 Å². The smallest absolute Gasteiger partial charge is 0.224 e. The van der Waals surface area contributed by atoms with E-state index in [0.29, 0.717) is 18.5 Å². The maximum atomic E-state index is 11.4. The molecule has 0 spiro atoms. The molecule has 0 aliphatic carbocycles. The molecule has 0 aliphatic heterocycles. The molecule has 0 saturated heterocycles. The van der Waals surface area contributed by atoms with Gasteiger partial charge in [0.15, 0.2) is 0 Å². The fourth-order valence-corrected chi connectivity index (χ4v) is 1.28. The van der Waals surface area contributed by atoms with Gasteiger partial charge in [0, 0.05) is 12.1 Å². The number of nitrogens with one attached hydrogen (secondary N) is 1. The summed E-state index contributed by atoms with van der Waals surface area (Å²) in [6.45, 7) is 0.615. The van der Waals surface area contributed by atoms with Crippen molar-refractivity contribution in [2.24, 2.45) is 5.73 Å². The van der Waals surface area contributed by atoms with Gasteiger partial charge in [-0.25, -0.2) is 0 Å². The molecule has 0 saturated carbocycles. The maximum Gasteiger partial charge on any atom is 0.224 e. The van der Waals surface area contributed by atoms with Crippen molar-refractivity contribution in [2.75, 3.05) is 11.9 Å². The minimum absolute atomic E-state index is 0.0156. The van der Waals surface area contributed by atoms with Crippen LogP contribution in [0.1, 0.15) is 24.8 Å². The SMILES string of the molecule is N#Cc1ccc(NC(=O)CCCCN)cc1. The van der Waals surface area contributed by atoms with Gasteiger partial charge in [0.05, 0.1) is 11.6 Å². The predicted octanol–water partition coefficient (Wildman–Crippen LogP) is 1.63. The van der Waals surface area contributed by atoms with Gasteiger partial charge in [0.1, 0.15) is 0 Å². The Balaban J connectivity index is 2.41. The molecule has 0 unspecified atom stereocenters. The number of carbonyl (C=O) groups excluding carboxylic acids is 1. The molecule has 0 bridgehead atoms. The summed E-state index contributed by atoms with van der Waals surface area (Å²) in [6.07, 6.45) is 2.15. The molecule has 16 heavy (non-hydrogen) atoms. The first kappa shape index (κ1) is 12.2. The molecule has 4 nitrogen and oxygen atoms in total. The lowest BCUT2D eigenvalue weighted by atomic mass is 10.2. The van der Waals surface area contributed by atoms with E-state index in [0.717, 1.165) is 18.5 Å². The van der Waals surface area contributed by atoms with E-state index in [2.05, 4.69) is 5.32 Å². The zero-order chi connectivity index (χ0) is 11.8. The molecule has 0 atom stereocenters. The maximum absolute atomic E-state index is 11.4. The van der Waals surface area contributed by atoms with Crippen molar-refractivity contribution in [3.05, 3.63) is 29.8 Å². The summed E-state index contributed by atoms with van der Waals surface area (Å²) in [4.78, 5) is 11.4. The van der Waals surface area contributed by atoms with Gasteiger partial charge in [-0.15, -0.1) is 0 Å². The Labute approximate surface area is 95.1 Å². The molecule has 4 heteroatoms. The minimum Gasteiger partial charge on any atom is -0.330 e. The number of unbranched alkanes of at least 4 members (excludes halogenated alkanes) is 1.